The first kappa shape index (κ1) is 11.6. The largest absolute Gasteiger partial charge is 0.490 e. The molecule has 4 heteroatoms. The van der Waals surface area contributed by atoms with Crippen LogP contribution in [0.25, 0.3) is 0 Å². The molecule has 1 aliphatic rings. The van der Waals surface area contributed by atoms with Crippen LogP contribution in [0.2, 0.25) is 0 Å². The quantitative estimate of drug-likeness (QED) is 0.647. The number of aliphatic hydroxyl groups excluding tert-OH is 1. The van der Waals surface area contributed by atoms with Crippen molar-refractivity contribution in [3.8, 4) is 11.5 Å². The summed E-state index contributed by atoms with van der Waals surface area (Å²) >= 11 is 1.73. The van der Waals surface area contributed by atoms with Gasteiger partial charge in [-0.2, -0.15) is 0 Å². The minimum absolute atomic E-state index is 0.248. The zero-order valence-electron chi connectivity index (χ0n) is 9.15. The standard InChI is InChI=1S/C12H16O3S/c13-5-1-8-16-10-3-4-11-12(9-10)15-7-2-6-14-11/h3-4,9,13H,1-2,5-8H2. The fraction of sp³-hybridized carbons (Fsp3) is 0.500. The first-order chi connectivity index (χ1) is 7.90. The molecular formula is C12H16O3S. The summed E-state index contributed by atoms with van der Waals surface area (Å²) in [5, 5.41) is 8.72. The lowest BCUT2D eigenvalue weighted by molar-refractivity contribution is 0.296. The third kappa shape index (κ3) is 3.06. The van der Waals surface area contributed by atoms with Crippen molar-refractivity contribution in [2.24, 2.45) is 0 Å². The lowest BCUT2D eigenvalue weighted by Crippen LogP contribution is -1.97. The zero-order chi connectivity index (χ0) is 11.2. The van der Waals surface area contributed by atoms with Gasteiger partial charge in [0.1, 0.15) is 0 Å². The molecule has 0 saturated carbocycles. The highest BCUT2D eigenvalue weighted by molar-refractivity contribution is 7.99. The Balaban J connectivity index is 2.02. The topological polar surface area (TPSA) is 38.7 Å². The van der Waals surface area contributed by atoms with Gasteiger partial charge in [0.2, 0.25) is 0 Å². The highest BCUT2D eigenvalue weighted by Gasteiger charge is 2.10. The van der Waals surface area contributed by atoms with E-state index < -0.39 is 0 Å². The van der Waals surface area contributed by atoms with Crippen molar-refractivity contribution in [2.45, 2.75) is 17.7 Å². The van der Waals surface area contributed by atoms with Gasteiger partial charge in [0, 0.05) is 23.7 Å². The summed E-state index contributed by atoms with van der Waals surface area (Å²) in [5.41, 5.74) is 0. The van der Waals surface area contributed by atoms with Gasteiger partial charge < -0.3 is 14.6 Å². The zero-order valence-corrected chi connectivity index (χ0v) is 9.96. The maximum atomic E-state index is 8.72. The summed E-state index contributed by atoms with van der Waals surface area (Å²) in [4.78, 5) is 1.16. The van der Waals surface area contributed by atoms with Crippen molar-refractivity contribution in [3.63, 3.8) is 0 Å². The van der Waals surface area contributed by atoms with Crippen LogP contribution in [0.1, 0.15) is 12.8 Å². The van der Waals surface area contributed by atoms with Crippen LogP contribution in [0.4, 0.5) is 0 Å². The Labute approximate surface area is 99.8 Å². The minimum atomic E-state index is 0.248. The Morgan fingerprint density at radius 2 is 2.00 bits per heavy atom. The number of thioether (sulfide) groups is 1. The lowest BCUT2D eigenvalue weighted by Gasteiger charge is -2.08. The Kier molecular flexibility index (Phi) is 4.36. The van der Waals surface area contributed by atoms with Crippen molar-refractivity contribution >= 4 is 11.8 Å². The number of aliphatic hydroxyl groups is 1. The summed E-state index contributed by atoms with van der Waals surface area (Å²) in [6.45, 7) is 1.69. The predicted octanol–water partition coefficient (Wildman–Crippen LogP) is 2.32. The summed E-state index contributed by atoms with van der Waals surface area (Å²) in [5.74, 6) is 2.60. The molecule has 0 aromatic heterocycles. The average molecular weight is 240 g/mol. The molecule has 88 valence electrons. The number of fused-ring (bicyclic) bond motifs is 1. The van der Waals surface area contributed by atoms with Crippen molar-refractivity contribution < 1.29 is 14.6 Å². The molecule has 0 bridgehead atoms. The van der Waals surface area contributed by atoms with Gasteiger partial charge in [-0.1, -0.05) is 0 Å². The van der Waals surface area contributed by atoms with E-state index in [2.05, 4.69) is 0 Å². The fourth-order valence-corrected chi connectivity index (χ4v) is 2.35. The summed E-state index contributed by atoms with van der Waals surface area (Å²) in [7, 11) is 0. The highest BCUT2D eigenvalue weighted by Crippen LogP contribution is 2.33. The second-order valence-corrected chi connectivity index (χ2v) is 4.75. The molecule has 0 saturated heterocycles. The predicted molar refractivity (Wildman–Crippen MR) is 64.5 cm³/mol. The van der Waals surface area contributed by atoms with E-state index in [0.29, 0.717) is 0 Å². The molecule has 1 N–H and O–H groups in total. The van der Waals surface area contributed by atoms with Gasteiger partial charge in [0.05, 0.1) is 13.2 Å². The van der Waals surface area contributed by atoms with E-state index in [9.17, 15) is 0 Å². The molecule has 0 unspecified atom stereocenters. The average Bonchev–Trinajstić information content (AvgIpc) is 2.54. The van der Waals surface area contributed by atoms with E-state index in [1.807, 2.05) is 18.2 Å². The van der Waals surface area contributed by atoms with Crippen molar-refractivity contribution in [2.75, 3.05) is 25.6 Å². The number of benzene rings is 1. The minimum Gasteiger partial charge on any atom is -0.490 e. The molecule has 0 aliphatic carbocycles. The molecule has 2 rings (SSSR count). The number of hydrogen-bond acceptors (Lipinski definition) is 4. The van der Waals surface area contributed by atoms with Gasteiger partial charge in [-0.05, 0) is 24.6 Å². The van der Waals surface area contributed by atoms with E-state index in [1.54, 1.807) is 11.8 Å². The van der Waals surface area contributed by atoms with Crippen molar-refractivity contribution in [1.29, 1.82) is 0 Å². The molecule has 1 aromatic rings. The Hall–Kier alpha value is -0.870. The van der Waals surface area contributed by atoms with Crippen LogP contribution in [-0.2, 0) is 0 Å². The van der Waals surface area contributed by atoms with Gasteiger partial charge in [0.15, 0.2) is 11.5 Å². The van der Waals surface area contributed by atoms with Crippen LogP contribution in [0.5, 0.6) is 11.5 Å². The monoisotopic (exact) mass is 240 g/mol. The van der Waals surface area contributed by atoms with E-state index >= 15 is 0 Å². The van der Waals surface area contributed by atoms with Crippen LogP contribution in [-0.4, -0.2) is 30.7 Å². The van der Waals surface area contributed by atoms with Crippen molar-refractivity contribution in [1.82, 2.24) is 0 Å². The third-order valence-electron chi connectivity index (χ3n) is 2.29. The maximum Gasteiger partial charge on any atom is 0.162 e. The molecule has 0 atom stereocenters. The molecular weight excluding hydrogens is 224 g/mol. The van der Waals surface area contributed by atoms with E-state index in [1.165, 1.54) is 0 Å². The lowest BCUT2D eigenvalue weighted by atomic mass is 10.3. The maximum absolute atomic E-state index is 8.72. The molecule has 1 heterocycles. The van der Waals surface area contributed by atoms with Crippen LogP contribution in [0.15, 0.2) is 23.1 Å². The molecule has 0 amide bonds. The molecule has 16 heavy (non-hydrogen) atoms. The van der Waals surface area contributed by atoms with Gasteiger partial charge in [0.25, 0.3) is 0 Å². The Morgan fingerprint density at radius 1 is 1.19 bits per heavy atom. The van der Waals surface area contributed by atoms with Crippen LogP contribution in [0, 0.1) is 0 Å². The molecule has 0 spiro atoms. The molecule has 0 fully saturated rings. The Bertz CT molecular complexity index is 341. The van der Waals surface area contributed by atoms with E-state index in [4.69, 9.17) is 14.6 Å². The second-order valence-electron chi connectivity index (χ2n) is 3.58. The highest BCUT2D eigenvalue weighted by atomic mass is 32.2. The SMILES string of the molecule is OCCCSc1ccc2c(c1)OCCCO2. The molecule has 3 nitrogen and oxygen atoms in total. The third-order valence-corrected chi connectivity index (χ3v) is 3.37. The Morgan fingerprint density at radius 3 is 2.81 bits per heavy atom. The molecule has 1 aliphatic heterocycles. The summed E-state index contributed by atoms with van der Waals surface area (Å²) in [6.07, 6.45) is 1.75. The van der Waals surface area contributed by atoms with Crippen LogP contribution < -0.4 is 9.47 Å². The molecule has 0 radical (unpaired) electrons. The van der Waals surface area contributed by atoms with E-state index in [0.717, 1.165) is 48.2 Å². The van der Waals surface area contributed by atoms with E-state index in [-0.39, 0.29) is 6.61 Å². The number of ether oxygens (including phenoxy) is 2. The van der Waals surface area contributed by atoms with Crippen LogP contribution in [0.3, 0.4) is 0 Å². The van der Waals surface area contributed by atoms with Gasteiger partial charge in [-0.3, -0.25) is 0 Å². The fourth-order valence-electron chi connectivity index (χ4n) is 1.49. The van der Waals surface area contributed by atoms with Crippen molar-refractivity contribution in [3.05, 3.63) is 18.2 Å². The number of hydrogen-bond donors (Lipinski definition) is 1. The van der Waals surface area contributed by atoms with Gasteiger partial charge in [-0.15, -0.1) is 11.8 Å². The van der Waals surface area contributed by atoms with Gasteiger partial charge in [-0.25, -0.2) is 0 Å². The molecule has 1 aromatic carbocycles. The summed E-state index contributed by atoms with van der Waals surface area (Å²) < 4.78 is 11.2. The van der Waals surface area contributed by atoms with Gasteiger partial charge >= 0.3 is 0 Å². The normalized spacial score (nSPS) is 14.6. The number of rotatable bonds is 4. The first-order valence-electron chi connectivity index (χ1n) is 5.53. The van der Waals surface area contributed by atoms with Crippen LogP contribution >= 0.6 is 11.8 Å². The summed E-state index contributed by atoms with van der Waals surface area (Å²) in [6, 6.07) is 6.01. The smallest absolute Gasteiger partial charge is 0.162 e. The second kappa shape index (κ2) is 6.01. The first-order valence-corrected chi connectivity index (χ1v) is 6.52.